The van der Waals surface area contributed by atoms with Crippen molar-refractivity contribution in [3.8, 4) is 6.07 Å². The number of ether oxygens (including phenoxy) is 1. The van der Waals surface area contributed by atoms with Crippen LogP contribution in [0.3, 0.4) is 0 Å². The Morgan fingerprint density at radius 3 is 3.21 bits per heavy atom. The minimum Gasteiger partial charge on any atom is -0.368 e. The Hall–Kier alpha value is -1.47. The molecule has 14 heavy (non-hydrogen) atoms. The molecule has 2 rings (SSSR count). The summed E-state index contributed by atoms with van der Waals surface area (Å²) in [6, 6.07) is 3.98. The number of aromatic nitrogens is 2. The van der Waals surface area contributed by atoms with E-state index in [1.54, 1.807) is 6.20 Å². The Kier molecular flexibility index (Phi) is 2.70. The quantitative estimate of drug-likeness (QED) is 0.709. The zero-order chi connectivity index (χ0) is 9.80. The molecule has 4 heteroatoms. The van der Waals surface area contributed by atoms with Crippen molar-refractivity contribution < 1.29 is 4.74 Å². The lowest BCUT2D eigenvalue weighted by atomic mass is 10.1. The summed E-state index contributed by atoms with van der Waals surface area (Å²) >= 11 is 0. The molecule has 4 nitrogen and oxygen atoms in total. The molecule has 0 bridgehead atoms. The van der Waals surface area contributed by atoms with Crippen LogP contribution in [0.1, 0.15) is 31.1 Å². The first-order valence-corrected chi connectivity index (χ1v) is 4.68. The molecule has 1 aliphatic rings. The van der Waals surface area contributed by atoms with Gasteiger partial charge in [-0.15, -0.1) is 0 Å². The molecule has 0 saturated carbocycles. The van der Waals surface area contributed by atoms with Crippen LogP contribution < -0.4 is 0 Å². The van der Waals surface area contributed by atoms with E-state index >= 15 is 0 Å². The second kappa shape index (κ2) is 4.16. The minimum absolute atomic E-state index is 0.0522. The van der Waals surface area contributed by atoms with Crippen LogP contribution in [0.2, 0.25) is 0 Å². The molecule has 1 aromatic rings. The third-order valence-electron chi connectivity index (χ3n) is 2.36. The van der Waals surface area contributed by atoms with Gasteiger partial charge in [0.05, 0.1) is 24.3 Å². The molecular formula is C10H11N3O. The summed E-state index contributed by atoms with van der Waals surface area (Å²) in [5.41, 5.74) is 0.917. The van der Waals surface area contributed by atoms with E-state index in [9.17, 15) is 0 Å². The first kappa shape index (κ1) is 9.10. The summed E-state index contributed by atoms with van der Waals surface area (Å²) in [6.07, 6.45) is 5.74. The van der Waals surface area contributed by atoms with Gasteiger partial charge < -0.3 is 4.74 Å². The number of rotatable bonds is 2. The lowest BCUT2D eigenvalue weighted by Gasteiger charge is -2.10. The van der Waals surface area contributed by atoms with Crippen molar-refractivity contribution in [2.45, 2.75) is 31.5 Å². The Morgan fingerprint density at radius 2 is 2.50 bits per heavy atom. The van der Waals surface area contributed by atoms with Crippen LogP contribution in [-0.2, 0) is 4.74 Å². The monoisotopic (exact) mass is 189 g/mol. The van der Waals surface area contributed by atoms with Crippen LogP contribution in [0, 0.1) is 11.3 Å². The molecule has 2 heterocycles. The van der Waals surface area contributed by atoms with E-state index in [1.165, 1.54) is 6.33 Å². The third kappa shape index (κ3) is 1.88. The highest BCUT2D eigenvalue weighted by Gasteiger charge is 2.26. The molecule has 2 atom stereocenters. The summed E-state index contributed by atoms with van der Waals surface area (Å²) in [5.74, 6) is 0. The second-order valence-electron chi connectivity index (χ2n) is 3.32. The molecule has 2 unspecified atom stereocenters. The van der Waals surface area contributed by atoms with Crippen molar-refractivity contribution in [3.05, 3.63) is 24.3 Å². The number of hydrogen-bond acceptors (Lipinski definition) is 4. The van der Waals surface area contributed by atoms with Crippen molar-refractivity contribution in [3.63, 3.8) is 0 Å². The SMILES string of the molecule is N#CCC1CCC(c2ccncn2)O1. The van der Waals surface area contributed by atoms with E-state index in [4.69, 9.17) is 10.00 Å². The van der Waals surface area contributed by atoms with Crippen molar-refractivity contribution in [2.24, 2.45) is 0 Å². The van der Waals surface area contributed by atoms with Gasteiger partial charge in [-0.3, -0.25) is 0 Å². The maximum absolute atomic E-state index is 8.53. The lowest BCUT2D eigenvalue weighted by Crippen LogP contribution is -2.06. The first-order chi connectivity index (χ1) is 6.90. The number of nitrogens with zero attached hydrogens (tertiary/aromatic N) is 3. The van der Waals surface area contributed by atoms with Crippen molar-refractivity contribution >= 4 is 0 Å². The Bertz CT molecular complexity index is 333. The molecule has 0 aliphatic carbocycles. The predicted molar refractivity (Wildman–Crippen MR) is 49.1 cm³/mol. The molecule has 0 N–H and O–H groups in total. The zero-order valence-corrected chi connectivity index (χ0v) is 7.76. The van der Waals surface area contributed by atoms with Gasteiger partial charge in [-0.25, -0.2) is 9.97 Å². The molecule has 1 aliphatic heterocycles. The van der Waals surface area contributed by atoms with Gasteiger partial charge >= 0.3 is 0 Å². The van der Waals surface area contributed by atoms with E-state index in [2.05, 4.69) is 16.0 Å². The van der Waals surface area contributed by atoms with Crippen LogP contribution in [0.25, 0.3) is 0 Å². The maximum Gasteiger partial charge on any atom is 0.115 e. The molecule has 0 spiro atoms. The molecule has 0 amide bonds. The second-order valence-corrected chi connectivity index (χ2v) is 3.32. The molecule has 1 fully saturated rings. The van der Waals surface area contributed by atoms with Gasteiger partial charge in [0.15, 0.2) is 0 Å². The van der Waals surface area contributed by atoms with Crippen LogP contribution in [0.5, 0.6) is 0 Å². The van der Waals surface area contributed by atoms with Gasteiger partial charge in [-0.1, -0.05) is 0 Å². The summed E-state index contributed by atoms with van der Waals surface area (Å²) in [4.78, 5) is 7.99. The van der Waals surface area contributed by atoms with Crippen molar-refractivity contribution in [2.75, 3.05) is 0 Å². The number of hydrogen-bond donors (Lipinski definition) is 0. The van der Waals surface area contributed by atoms with E-state index in [-0.39, 0.29) is 12.2 Å². The van der Waals surface area contributed by atoms with E-state index in [0.29, 0.717) is 6.42 Å². The van der Waals surface area contributed by atoms with Gasteiger partial charge in [0, 0.05) is 6.20 Å². The highest BCUT2D eigenvalue weighted by atomic mass is 16.5. The highest BCUT2D eigenvalue weighted by Crippen LogP contribution is 2.32. The molecular weight excluding hydrogens is 178 g/mol. The summed E-state index contributed by atoms with van der Waals surface area (Å²) in [7, 11) is 0. The van der Waals surface area contributed by atoms with Crippen molar-refractivity contribution in [1.82, 2.24) is 9.97 Å². The minimum atomic E-state index is 0.0522. The van der Waals surface area contributed by atoms with E-state index < -0.39 is 0 Å². The van der Waals surface area contributed by atoms with Gasteiger partial charge in [-0.2, -0.15) is 5.26 Å². The average Bonchev–Trinajstić information content (AvgIpc) is 2.68. The Morgan fingerprint density at radius 1 is 1.57 bits per heavy atom. The zero-order valence-electron chi connectivity index (χ0n) is 7.76. The number of nitriles is 1. The topological polar surface area (TPSA) is 58.8 Å². The summed E-state index contributed by atoms with van der Waals surface area (Å²) < 4.78 is 5.68. The normalized spacial score (nSPS) is 25.9. The van der Waals surface area contributed by atoms with Crippen LogP contribution in [-0.4, -0.2) is 16.1 Å². The molecule has 1 aromatic heterocycles. The van der Waals surface area contributed by atoms with Gasteiger partial charge in [0.1, 0.15) is 12.4 Å². The third-order valence-corrected chi connectivity index (χ3v) is 2.36. The Balaban J connectivity index is 2.00. The fourth-order valence-electron chi connectivity index (χ4n) is 1.67. The van der Waals surface area contributed by atoms with Gasteiger partial charge in [0.25, 0.3) is 0 Å². The standard InChI is InChI=1S/C10H11N3O/c11-5-3-8-1-2-10(14-8)9-4-6-12-7-13-9/h4,6-8,10H,1-3H2. The molecule has 0 aromatic carbocycles. The fourth-order valence-corrected chi connectivity index (χ4v) is 1.67. The van der Waals surface area contributed by atoms with Crippen molar-refractivity contribution in [1.29, 1.82) is 5.26 Å². The lowest BCUT2D eigenvalue weighted by molar-refractivity contribution is 0.0451. The van der Waals surface area contributed by atoms with Crippen LogP contribution in [0.15, 0.2) is 18.6 Å². The van der Waals surface area contributed by atoms with Gasteiger partial charge in [0.2, 0.25) is 0 Å². The van der Waals surface area contributed by atoms with Gasteiger partial charge in [-0.05, 0) is 18.9 Å². The Labute approximate surface area is 82.6 Å². The smallest absolute Gasteiger partial charge is 0.115 e. The molecule has 0 radical (unpaired) electrons. The van der Waals surface area contributed by atoms with E-state index in [0.717, 1.165) is 18.5 Å². The van der Waals surface area contributed by atoms with E-state index in [1.807, 2.05) is 6.07 Å². The molecule has 72 valence electrons. The average molecular weight is 189 g/mol. The summed E-state index contributed by atoms with van der Waals surface area (Å²) in [5, 5.41) is 8.53. The highest BCUT2D eigenvalue weighted by molar-refractivity contribution is 5.04. The summed E-state index contributed by atoms with van der Waals surface area (Å²) in [6.45, 7) is 0. The molecule has 1 saturated heterocycles. The maximum atomic E-state index is 8.53. The first-order valence-electron chi connectivity index (χ1n) is 4.68. The predicted octanol–water partition coefficient (Wildman–Crippen LogP) is 1.61. The fraction of sp³-hybridized carbons (Fsp3) is 0.500. The largest absolute Gasteiger partial charge is 0.368 e. The van der Waals surface area contributed by atoms with Crippen LogP contribution in [0.4, 0.5) is 0 Å². The van der Waals surface area contributed by atoms with Crippen LogP contribution >= 0.6 is 0 Å².